The number of hydrogen-bond acceptors (Lipinski definition) is 3. The van der Waals surface area contributed by atoms with Gasteiger partial charge in [0, 0.05) is 37.4 Å². The van der Waals surface area contributed by atoms with Crippen LogP contribution in [-0.2, 0) is 16.4 Å². The lowest BCUT2D eigenvalue weighted by molar-refractivity contribution is 0.477. The van der Waals surface area contributed by atoms with Crippen molar-refractivity contribution in [2.45, 2.75) is 13.5 Å². The molecule has 5 nitrogen and oxygen atoms in total. The number of hydrogen-bond donors (Lipinski definition) is 1. The van der Waals surface area contributed by atoms with E-state index in [-0.39, 0.29) is 35.5 Å². The van der Waals surface area contributed by atoms with Gasteiger partial charge in [0.25, 0.3) is 0 Å². The number of halogens is 2. The number of rotatable bonds is 6. The normalized spacial score (nSPS) is 11.7. The highest BCUT2D eigenvalue weighted by Crippen LogP contribution is 2.17. The van der Waals surface area contributed by atoms with Crippen LogP contribution in [-0.4, -0.2) is 51.4 Å². The molecule has 0 aliphatic carbocycles. The minimum absolute atomic E-state index is 0. The summed E-state index contributed by atoms with van der Waals surface area (Å²) in [6, 6.07) is 7.98. The molecule has 1 aromatic carbocycles. The van der Waals surface area contributed by atoms with E-state index in [0.717, 1.165) is 10.0 Å². The topological polar surface area (TPSA) is 61.8 Å². The first-order chi connectivity index (χ1) is 9.89. The lowest BCUT2D eigenvalue weighted by atomic mass is 10.2. The number of guanidine groups is 1. The van der Waals surface area contributed by atoms with Gasteiger partial charge < -0.3 is 10.2 Å². The summed E-state index contributed by atoms with van der Waals surface area (Å²) in [5, 5.41) is 3.08. The first-order valence-corrected chi connectivity index (χ1v) is 9.36. The summed E-state index contributed by atoms with van der Waals surface area (Å²) in [4.78, 5) is 6.14. The number of nitrogens with one attached hydrogen (secondary N) is 1. The van der Waals surface area contributed by atoms with Gasteiger partial charge in [-0.05, 0) is 11.6 Å². The van der Waals surface area contributed by atoms with Crippen LogP contribution < -0.4 is 5.32 Å². The standard InChI is InChI=1S/C14H22BrN3O2S.HI/c1-4-21(19,20)10-9-17-14(16-2)18(3)11-12-7-5-6-8-13(12)15;/h5-8H,4,9-11H2,1-3H3,(H,16,17);1H. The van der Waals surface area contributed by atoms with Gasteiger partial charge in [-0.1, -0.05) is 41.1 Å². The van der Waals surface area contributed by atoms with Gasteiger partial charge in [0.15, 0.2) is 15.8 Å². The van der Waals surface area contributed by atoms with E-state index in [1.807, 2.05) is 36.2 Å². The van der Waals surface area contributed by atoms with Gasteiger partial charge in [-0.3, -0.25) is 4.99 Å². The third-order valence-corrected chi connectivity index (χ3v) is 5.55. The number of benzene rings is 1. The average molecular weight is 504 g/mol. The Morgan fingerprint density at radius 1 is 1.36 bits per heavy atom. The van der Waals surface area contributed by atoms with Crippen molar-refractivity contribution in [1.29, 1.82) is 0 Å². The van der Waals surface area contributed by atoms with Crippen molar-refractivity contribution in [3.63, 3.8) is 0 Å². The van der Waals surface area contributed by atoms with Crippen LogP contribution in [0.4, 0.5) is 0 Å². The summed E-state index contributed by atoms with van der Waals surface area (Å²) in [5.74, 6) is 0.961. The van der Waals surface area contributed by atoms with Crippen LogP contribution in [0.15, 0.2) is 33.7 Å². The minimum Gasteiger partial charge on any atom is -0.355 e. The Morgan fingerprint density at radius 3 is 2.55 bits per heavy atom. The molecule has 0 saturated heterocycles. The van der Waals surface area contributed by atoms with Gasteiger partial charge in [-0.2, -0.15) is 0 Å². The average Bonchev–Trinajstić information content (AvgIpc) is 2.46. The van der Waals surface area contributed by atoms with Crippen LogP contribution in [0.3, 0.4) is 0 Å². The molecule has 1 rings (SSSR count). The van der Waals surface area contributed by atoms with Crippen molar-refractivity contribution in [1.82, 2.24) is 10.2 Å². The molecule has 0 fully saturated rings. The zero-order valence-corrected chi connectivity index (χ0v) is 17.8. The molecule has 0 heterocycles. The maximum atomic E-state index is 11.5. The smallest absolute Gasteiger partial charge is 0.193 e. The summed E-state index contributed by atoms with van der Waals surface area (Å²) in [6.07, 6.45) is 0. The van der Waals surface area contributed by atoms with E-state index >= 15 is 0 Å². The second-order valence-electron chi connectivity index (χ2n) is 4.66. The van der Waals surface area contributed by atoms with Crippen LogP contribution in [0.5, 0.6) is 0 Å². The van der Waals surface area contributed by atoms with E-state index in [1.54, 1.807) is 14.0 Å². The molecule has 0 unspecified atom stereocenters. The molecule has 0 aromatic heterocycles. The van der Waals surface area contributed by atoms with E-state index in [2.05, 4.69) is 26.2 Å². The zero-order chi connectivity index (χ0) is 15.9. The van der Waals surface area contributed by atoms with Crippen LogP contribution in [0, 0.1) is 0 Å². The highest BCUT2D eigenvalue weighted by molar-refractivity contribution is 14.0. The molecule has 0 bridgehead atoms. The fourth-order valence-corrected chi connectivity index (χ4v) is 2.92. The van der Waals surface area contributed by atoms with Gasteiger partial charge in [-0.15, -0.1) is 24.0 Å². The Labute approximate surface area is 158 Å². The molecule has 126 valence electrons. The molecular weight excluding hydrogens is 481 g/mol. The molecule has 0 aliphatic heterocycles. The summed E-state index contributed by atoms with van der Waals surface area (Å²) in [6.45, 7) is 2.70. The highest BCUT2D eigenvalue weighted by Gasteiger charge is 2.11. The SMILES string of the molecule is CCS(=O)(=O)CCNC(=NC)N(C)Cc1ccccc1Br.I. The third-order valence-electron chi connectivity index (χ3n) is 3.07. The Morgan fingerprint density at radius 2 is 2.00 bits per heavy atom. The van der Waals surface area contributed by atoms with E-state index < -0.39 is 9.84 Å². The lowest BCUT2D eigenvalue weighted by Gasteiger charge is -2.22. The number of nitrogens with zero attached hydrogens (tertiary/aromatic N) is 2. The van der Waals surface area contributed by atoms with E-state index in [9.17, 15) is 8.42 Å². The van der Waals surface area contributed by atoms with Crippen molar-refractivity contribution in [2.24, 2.45) is 4.99 Å². The van der Waals surface area contributed by atoms with E-state index in [1.165, 1.54) is 0 Å². The minimum atomic E-state index is -2.96. The Kier molecular flexibility index (Phi) is 10.3. The third kappa shape index (κ3) is 7.28. The number of sulfone groups is 1. The monoisotopic (exact) mass is 503 g/mol. The fourth-order valence-electron chi connectivity index (χ4n) is 1.80. The van der Waals surface area contributed by atoms with Crippen molar-refractivity contribution < 1.29 is 8.42 Å². The second kappa shape index (κ2) is 10.4. The van der Waals surface area contributed by atoms with Crippen LogP contribution in [0.2, 0.25) is 0 Å². The van der Waals surface area contributed by atoms with Gasteiger partial charge in [0.1, 0.15) is 0 Å². The summed E-state index contributed by atoms with van der Waals surface area (Å²) in [5.41, 5.74) is 1.14. The molecule has 8 heteroatoms. The maximum Gasteiger partial charge on any atom is 0.193 e. The first-order valence-electron chi connectivity index (χ1n) is 6.75. The fraction of sp³-hybridized carbons (Fsp3) is 0.500. The van der Waals surface area contributed by atoms with Crippen LogP contribution in [0.25, 0.3) is 0 Å². The van der Waals surface area contributed by atoms with Gasteiger partial charge in [0.05, 0.1) is 5.75 Å². The zero-order valence-electron chi connectivity index (χ0n) is 13.0. The predicted octanol–water partition coefficient (Wildman–Crippen LogP) is 2.51. The largest absolute Gasteiger partial charge is 0.355 e. The van der Waals surface area contributed by atoms with Crippen molar-refractivity contribution >= 4 is 55.7 Å². The summed E-state index contributed by atoms with van der Waals surface area (Å²) >= 11 is 3.52. The molecule has 1 N–H and O–H groups in total. The summed E-state index contributed by atoms with van der Waals surface area (Å²) in [7, 11) is 0.649. The summed E-state index contributed by atoms with van der Waals surface area (Å²) < 4.78 is 24.0. The molecule has 0 radical (unpaired) electrons. The molecule has 0 amide bonds. The lowest BCUT2D eigenvalue weighted by Crippen LogP contribution is -2.40. The quantitative estimate of drug-likeness (QED) is 0.368. The van der Waals surface area contributed by atoms with Gasteiger partial charge in [-0.25, -0.2) is 8.42 Å². The van der Waals surface area contributed by atoms with E-state index in [4.69, 9.17) is 0 Å². The predicted molar refractivity (Wildman–Crippen MR) is 107 cm³/mol. The second-order valence-corrected chi connectivity index (χ2v) is 7.98. The molecule has 0 atom stereocenters. The Hall–Kier alpha value is -0.350. The van der Waals surface area contributed by atoms with E-state index in [0.29, 0.717) is 19.0 Å². The van der Waals surface area contributed by atoms with Gasteiger partial charge >= 0.3 is 0 Å². The molecule has 1 aromatic rings. The molecule has 0 saturated carbocycles. The van der Waals surface area contributed by atoms with Crippen molar-refractivity contribution in [3.05, 3.63) is 34.3 Å². The van der Waals surface area contributed by atoms with Gasteiger partial charge in [0.2, 0.25) is 0 Å². The molecular formula is C14H23BrIN3O2S. The Balaban J connectivity index is 0.00000441. The number of aliphatic imine (C=N–C) groups is 1. The maximum absolute atomic E-state index is 11.5. The highest BCUT2D eigenvalue weighted by atomic mass is 127. The molecule has 22 heavy (non-hydrogen) atoms. The van der Waals surface area contributed by atoms with Crippen molar-refractivity contribution in [2.75, 3.05) is 32.1 Å². The first kappa shape index (κ1) is 21.6. The van der Waals surface area contributed by atoms with Crippen LogP contribution >= 0.6 is 39.9 Å². The van der Waals surface area contributed by atoms with Crippen molar-refractivity contribution in [3.8, 4) is 0 Å². The molecule has 0 spiro atoms. The van der Waals surface area contributed by atoms with Crippen LogP contribution in [0.1, 0.15) is 12.5 Å². The Bertz CT molecular complexity index is 594. The molecule has 0 aliphatic rings.